The van der Waals surface area contributed by atoms with E-state index in [2.05, 4.69) is 10.9 Å². The van der Waals surface area contributed by atoms with Crippen molar-refractivity contribution in [1.29, 1.82) is 0 Å². The molecule has 29 heavy (non-hydrogen) atoms. The van der Waals surface area contributed by atoms with Gasteiger partial charge < -0.3 is 14.2 Å². The molecule has 0 unspecified atom stereocenters. The van der Waals surface area contributed by atoms with Crippen LogP contribution in [0, 0.1) is 0 Å². The van der Waals surface area contributed by atoms with E-state index in [1.54, 1.807) is 12.1 Å². The molecule has 0 aliphatic carbocycles. The second-order valence-electron chi connectivity index (χ2n) is 6.09. The molecule has 0 aromatic heterocycles. The van der Waals surface area contributed by atoms with Gasteiger partial charge in [0.2, 0.25) is 11.7 Å². The Bertz CT molecular complexity index is 781. The van der Waals surface area contributed by atoms with Gasteiger partial charge in [-0.3, -0.25) is 20.4 Å². The van der Waals surface area contributed by atoms with E-state index < -0.39 is 5.91 Å². The highest BCUT2D eigenvalue weighted by atomic mass is 16.5. The van der Waals surface area contributed by atoms with Crippen molar-refractivity contribution in [1.82, 2.24) is 10.9 Å². The van der Waals surface area contributed by atoms with Crippen LogP contribution in [-0.4, -0.2) is 31.6 Å². The quantitative estimate of drug-likeness (QED) is 0.598. The highest BCUT2D eigenvalue weighted by Crippen LogP contribution is 2.39. The Labute approximate surface area is 171 Å². The monoisotopic (exact) mass is 400 g/mol. The first-order valence-electron chi connectivity index (χ1n) is 9.78. The Balaban J connectivity index is 2.03. The molecule has 0 aliphatic rings. The van der Waals surface area contributed by atoms with E-state index in [4.69, 9.17) is 14.2 Å². The number of aryl methyl sites for hydroxylation is 1. The number of amides is 2. The predicted octanol–water partition coefficient (Wildman–Crippen LogP) is 3.28. The van der Waals surface area contributed by atoms with E-state index in [0.717, 1.165) is 5.56 Å². The van der Waals surface area contributed by atoms with Crippen LogP contribution in [0.3, 0.4) is 0 Å². The van der Waals surface area contributed by atoms with Crippen molar-refractivity contribution in [2.24, 2.45) is 0 Å². The molecule has 2 N–H and O–H groups in total. The lowest BCUT2D eigenvalue weighted by atomic mass is 10.1. The predicted molar refractivity (Wildman–Crippen MR) is 110 cm³/mol. The molecule has 0 bridgehead atoms. The SMILES string of the molecule is CCOc1cc(C(=O)NNC(=O)CCc2ccccc2)cc(OCC)c1OCC. The lowest BCUT2D eigenvalue weighted by molar-refractivity contribution is -0.121. The molecular formula is C22H28N2O5. The molecule has 2 rings (SSSR count). The van der Waals surface area contributed by atoms with Crippen LogP contribution in [0.4, 0.5) is 0 Å². The molecule has 0 heterocycles. The lowest BCUT2D eigenvalue weighted by Crippen LogP contribution is -2.41. The molecule has 2 aromatic rings. The third-order valence-electron chi connectivity index (χ3n) is 3.97. The van der Waals surface area contributed by atoms with Gasteiger partial charge in [0, 0.05) is 12.0 Å². The summed E-state index contributed by atoms with van der Waals surface area (Å²) in [6.07, 6.45) is 0.858. The van der Waals surface area contributed by atoms with Crippen molar-refractivity contribution in [3.8, 4) is 17.2 Å². The average Bonchev–Trinajstić information content (AvgIpc) is 2.73. The first-order chi connectivity index (χ1) is 14.1. The molecule has 0 saturated heterocycles. The first kappa shape index (κ1) is 22.1. The number of hydrogen-bond donors (Lipinski definition) is 2. The lowest BCUT2D eigenvalue weighted by Gasteiger charge is -2.17. The minimum absolute atomic E-state index is 0.266. The molecule has 0 spiro atoms. The topological polar surface area (TPSA) is 85.9 Å². The second kappa shape index (κ2) is 11.6. The first-order valence-corrected chi connectivity index (χ1v) is 9.78. The molecule has 7 nitrogen and oxygen atoms in total. The molecule has 0 aliphatic heterocycles. The van der Waals surface area contributed by atoms with Crippen LogP contribution in [0.15, 0.2) is 42.5 Å². The van der Waals surface area contributed by atoms with Gasteiger partial charge in [0.25, 0.3) is 5.91 Å². The van der Waals surface area contributed by atoms with Crippen LogP contribution in [0.2, 0.25) is 0 Å². The molecule has 0 fully saturated rings. The molecule has 0 radical (unpaired) electrons. The van der Waals surface area contributed by atoms with Crippen molar-refractivity contribution in [3.05, 3.63) is 53.6 Å². The zero-order valence-electron chi connectivity index (χ0n) is 17.1. The average molecular weight is 400 g/mol. The third-order valence-corrected chi connectivity index (χ3v) is 3.97. The van der Waals surface area contributed by atoms with Gasteiger partial charge in [-0.25, -0.2) is 0 Å². The number of hydrazine groups is 1. The summed E-state index contributed by atoms with van der Waals surface area (Å²) in [7, 11) is 0. The Morgan fingerprint density at radius 2 is 1.41 bits per heavy atom. The van der Waals surface area contributed by atoms with Gasteiger partial charge in [0.15, 0.2) is 11.5 Å². The van der Waals surface area contributed by atoms with Gasteiger partial charge in [-0.2, -0.15) is 0 Å². The summed E-state index contributed by atoms with van der Waals surface area (Å²) >= 11 is 0. The van der Waals surface area contributed by atoms with Crippen LogP contribution in [-0.2, 0) is 11.2 Å². The van der Waals surface area contributed by atoms with Crippen LogP contribution >= 0.6 is 0 Å². The fourth-order valence-corrected chi connectivity index (χ4v) is 2.68. The number of rotatable bonds is 10. The van der Waals surface area contributed by atoms with Gasteiger partial charge in [-0.1, -0.05) is 30.3 Å². The summed E-state index contributed by atoms with van der Waals surface area (Å²) in [4.78, 5) is 24.6. The third kappa shape index (κ3) is 6.71. The molecular weight excluding hydrogens is 372 g/mol. The van der Waals surface area contributed by atoms with E-state index in [-0.39, 0.29) is 12.3 Å². The number of ether oxygens (including phenoxy) is 3. The number of carbonyl (C=O) groups is 2. The Morgan fingerprint density at radius 3 is 1.97 bits per heavy atom. The maximum atomic E-state index is 12.5. The smallest absolute Gasteiger partial charge is 0.269 e. The maximum Gasteiger partial charge on any atom is 0.269 e. The van der Waals surface area contributed by atoms with E-state index in [9.17, 15) is 9.59 Å². The van der Waals surface area contributed by atoms with Gasteiger partial charge in [0.1, 0.15) is 0 Å². The van der Waals surface area contributed by atoms with Crippen LogP contribution in [0.5, 0.6) is 17.2 Å². The second-order valence-corrected chi connectivity index (χ2v) is 6.09. The van der Waals surface area contributed by atoms with Crippen molar-refractivity contribution in [3.63, 3.8) is 0 Å². The number of benzene rings is 2. The summed E-state index contributed by atoms with van der Waals surface area (Å²) in [5.41, 5.74) is 6.23. The normalized spacial score (nSPS) is 10.2. The molecule has 0 atom stereocenters. The van der Waals surface area contributed by atoms with E-state index in [1.807, 2.05) is 51.1 Å². The largest absolute Gasteiger partial charge is 0.490 e. The number of carbonyl (C=O) groups excluding carboxylic acids is 2. The van der Waals surface area contributed by atoms with Crippen LogP contribution < -0.4 is 25.1 Å². The van der Waals surface area contributed by atoms with E-state index >= 15 is 0 Å². The van der Waals surface area contributed by atoms with Crippen molar-refractivity contribution >= 4 is 11.8 Å². The summed E-state index contributed by atoms with van der Waals surface area (Å²) in [5.74, 6) is 0.549. The zero-order chi connectivity index (χ0) is 21.1. The van der Waals surface area contributed by atoms with Gasteiger partial charge >= 0.3 is 0 Å². The van der Waals surface area contributed by atoms with E-state index in [1.165, 1.54) is 0 Å². The minimum atomic E-state index is -0.469. The summed E-state index contributed by atoms with van der Waals surface area (Å²) in [5, 5.41) is 0. The summed E-state index contributed by atoms with van der Waals surface area (Å²) < 4.78 is 16.8. The Kier molecular flexibility index (Phi) is 8.82. The van der Waals surface area contributed by atoms with Crippen LogP contribution in [0.1, 0.15) is 43.1 Å². The van der Waals surface area contributed by atoms with Crippen molar-refractivity contribution < 1.29 is 23.8 Å². The Hall–Kier alpha value is -3.22. The number of hydrogen-bond acceptors (Lipinski definition) is 5. The molecule has 2 amide bonds. The zero-order valence-corrected chi connectivity index (χ0v) is 17.1. The maximum absolute atomic E-state index is 12.5. The molecule has 7 heteroatoms. The minimum Gasteiger partial charge on any atom is -0.490 e. The van der Waals surface area contributed by atoms with Crippen LogP contribution in [0.25, 0.3) is 0 Å². The summed E-state index contributed by atoms with van der Waals surface area (Å²) in [6.45, 7) is 6.80. The molecule has 156 valence electrons. The van der Waals surface area contributed by atoms with Crippen molar-refractivity contribution in [2.45, 2.75) is 33.6 Å². The van der Waals surface area contributed by atoms with E-state index in [0.29, 0.717) is 49.1 Å². The molecule has 2 aromatic carbocycles. The van der Waals surface area contributed by atoms with Gasteiger partial charge in [-0.05, 0) is 44.9 Å². The Morgan fingerprint density at radius 1 is 0.828 bits per heavy atom. The fourth-order valence-electron chi connectivity index (χ4n) is 2.68. The molecule has 0 saturated carbocycles. The summed E-state index contributed by atoms with van der Waals surface area (Å²) in [6, 6.07) is 12.8. The number of nitrogens with one attached hydrogen (secondary N) is 2. The fraction of sp³-hybridized carbons (Fsp3) is 0.364. The van der Waals surface area contributed by atoms with Gasteiger partial charge in [0.05, 0.1) is 19.8 Å². The standard InChI is InChI=1S/C22H28N2O5/c1-4-27-18-14-17(15-19(28-5-2)21(18)29-6-3)22(26)24-23-20(25)13-12-16-10-8-7-9-11-16/h7-11,14-15H,4-6,12-13H2,1-3H3,(H,23,25)(H,24,26). The highest BCUT2D eigenvalue weighted by molar-refractivity contribution is 5.96. The van der Waals surface area contributed by atoms with Crippen molar-refractivity contribution in [2.75, 3.05) is 19.8 Å². The van der Waals surface area contributed by atoms with Gasteiger partial charge in [-0.15, -0.1) is 0 Å². The highest BCUT2D eigenvalue weighted by Gasteiger charge is 2.18.